The maximum Gasteiger partial charge on any atom is 0.472 e. The van der Waals surface area contributed by atoms with Gasteiger partial charge in [-0.05, 0) is 49.4 Å². The van der Waals surface area contributed by atoms with Crippen molar-refractivity contribution >= 4 is 39.5 Å². The number of esters is 4. The van der Waals surface area contributed by atoms with E-state index in [2.05, 4.69) is 55.4 Å². The fourth-order valence-corrected chi connectivity index (χ4v) is 14.5. The van der Waals surface area contributed by atoms with E-state index in [0.29, 0.717) is 31.6 Å². The summed E-state index contributed by atoms with van der Waals surface area (Å²) in [4.78, 5) is 73.1. The maximum absolute atomic E-state index is 13.1. The monoisotopic (exact) mass is 1510 g/mol. The number of aliphatic hydroxyl groups is 1. The van der Waals surface area contributed by atoms with Crippen LogP contribution in [0.5, 0.6) is 0 Å². The van der Waals surface area contributed by atoms with Gasteiger partial charge in [0.1, 0.15) is 19.3 Å². The highest BCUT2D eigenvalue weighted by atomic mass is 31.2. The lowest BCUT2D eigenvalue weighted by Gasteiger charge is -2.21. The normalized spacial score (nSPS) is 14.5. The quantitative estimate of drug-likeness (QED) is 0.0222. The van der Waals surface area contributed by atoms with E-state index in [4.69, 9.17) is 37.0 Å². The summed E-state index contributed by atoms with van der Waals surface area (Å²) in [7, 11) is -9.93. The third-order valence-corrected chi connectivity index (χ3v) is 22.2. The molecule has 0 aliphatic heterocycles. The van der Waals surface area contributed by atoms with E-state index in [9.17, 15) is 43.2 Å². The zero-order valence-electron chi connectivity index (χ0n) is 68.0. The van der Waals surface area contributed by atoms with Crippen LogP contribution in [0.4, 0.5) is 0 Å². The minimum Gasteiger partial charge on any atom is -0.462 e. The molecule has 0 radical (unpaired) electrons. The van der Waals surface area contributed by atoms with Gasteiger partial charge in [0.25, 0.3) is 0 Å². The Morgan fingerprint density at radius 3 is 0.689 bits per heavy atom. The molecule has 103 heavy (non-hydrogen) atoms. The fraction of sp³-hybridized carbons (Fsp3) is 0.952. The summed E-state index contributed by atoms with van der Waals surface area (Å²) in [5, 5.41) is 10.7. The number of carbonyl (C=O) groups is 4. The number of unbranched alkanes of at least 4 members (excludes halogenated alkanes) is 45. The van der Waals surface area contributed by atoms with E-state index in [1.54, 1.807) is 0 Å². The number of phosphoric acid groups is 2. The van der Waals surface area contributed by atoms with Gasteiger partial charge in [0, 0.05) is 25.7 Å². The number of phosphoric ester groups is 2. The lowest BCUT2D eigenvalue weighted by atomic mass is 9.99. The van der Waals surface area contributed by atoms with Crippen LogP contribution >= 0.6 is 15.6 Å². The molecule has 0 aliphatic carbocycles. The van der Waals surface area contributed by atoms with E-state index in [-0.39, 0.29) is 25.7 Å². The second-order valence-corrected chi connectivity index (χ2v) is 34.6. The van der Waals surface area contributed by atoms with Gasteiger partial charge in [-0.2, -0.15) is 0 Å². The third-order valence-electron chi connectivity index (χ3n) is 20.3. The van der Waals surface area contributed by atoms with Gasteiger partial charge >= 0.3 is 39.5 Å². The van der Waals surface area contributed by atoms with Crippen molar-refractivity contribution in [3.63, 3.8) is 0 Å². The molecule has 0 aromatic rings. The molecule has 17 nitrogen and oxygen atoms in total. The van der Waals surface area contributed by atoms with Crippen molar-refractivity contribution in [3.8, 4) is 0 Å². The van der Waals surface area contributed by atoms with Crippen LogP contribution in [-0.2, 0) is 65.4 Å². The number of ether oxygens (including phenoxy) is 4. The van der Waals surface area contributed by atoms with E-state index in [1.165, 1.54) is 231 Å². The number of aliphatic hydroxyl groups excluding tert-OH is 1. The molecule has 4 unspecified atom stereocenters. The molecule has 0 spiro atoms. The van der Waals surface area contributed by atoms with Gasteiger partial charge in [0.05, 0.1) is 26.4 Å². The first kappa shape index (κ1) is 101. The molecule has 0 heterocycles. The van der Waals surface area contributed by atoms with E-state index < -0.39 is 97.5 Å². The van der Waals surface area contributed by atoms with E-state index >= 15 is 0 Å². The Bertz CT molecular complexity index is 2010. The molecule has 19 heteroatoms. The van der Waals surface area contributed by atoms with Crippen molar-refractivity contribution in [3.05, 3.63) is 0 Å². The minimum atomic E-state index is -4.96. The number of rotatable bonds is 81. The van der Waals surface area contributed by atoms with Crippen molar-refractivity contribution < 1.29 is 80.2 Å². The molecule has 0 fully saturated rings. The smallest absolute Gasteiger partial charge is 0.462 e. The topological polar surface area (TPSA) is 237 Å². The largest absolute Gasteiger partial charge is 0.472 e. The predicted molar refractivity (Wildman–Crippen MR) is 423 cm³/mol. The van der Waals surface area contributed by atoms with Crippen molar-refractivity contribution in [2.75, 3.05) is 39.6 Å². The van der Waals surface area contributed by atoms with Crippen molar-refractivity contribution in [1.82, 2.24) is 0 Å². The highest BCUT2D eigenvalue weighted by Crippen LogP contribution is 2.45. The number of hydrogen-bond acceptors (Lipinski definition) is 15. The summed E-state index contributed by atoms with van der Waals surface area (Å²) >= 11 is 0. The lowest BCUT2D eigenvalue weighted by Crippen LogP contribution is -2.30. The molecule has 0 saturated carbocycles. The molecule has 0 amide bonds. The Morgan fingerprint density at radius 1 is 0.272 bits per heavy atom. The van der Waals surface area contributed by atoms with Crippen LogP contribution < -0.4 is 0 Å². The van der Waals surface area contributed by atoms with Crippen LogP contribution in [0.15, 0.2) is 0 Å². The van der Waals surface area contributed by atoms with Crippen molar-refractivity contribution in [2.24, 2.45) is 23.7 Å². The van der Waals surface area contributed by atoms with Crippen LogP contribution in [0, 0.1) is 23.7 Å². The zero-order valence-corrected chi connectivity index (χ0v) is 69.7. The first-order valence-electron chi connectivity index (χ1n) is 43.3. The van der Waals surface area contributed by atoms with Gasteiger partial charge in [-0.15, -0.1) is 0 Å². The molecule has 0 aromatic carbocycles. The molecule has 3 N–H and O–H groups in total. The zero-order chi connectivity index (χ0) is 76.0. The molecule has 0 bridgehead atoms. The Hall–Kier alpha value is -1.94. The van der Waals surface area contributed by atoms with Gasteiger partial charge in [-0.25, -0.2) is 9.13 Å². The summed E-state index contributed by atoms with van der Waals surface area (Å²) in [6, 6.07) is 0. The molecule has 612 valence electrons. The molecule has 0 aliphatic rings. The maximum atomic E-state index is 13.1. The second-order valence-electron chi connectivity index (χ2n) is 31.7. The first-order valence-corrected chi connectivity index (χ1v) is 46.3. The van der Waals surface area contributed by atoms with E-state index in [0.717, 1.165) is 114 Å². The molecular formula is C84H164O17P2. The van der Waals surface area contributed by atoms with Gasteiger partial charge in [0.2, 0.25) is 0 Å². The fourth-order valence-electron chi connectivity index (χ4n) is 12.9. The standard InChI is InChI=1S/C84H164O17P2/c1-9-76(7)62-54-46-37-31-25-19-15-13-11-12-14-16-21-27-34-40-50-58-66-83(88)100-79(70-94-81(86)64-56-48-39-33-29-23-24-30-36-44-52-60-74(3)4)72-98-102(90,91)96-68-78(85)69-97-103(92,93)99-73-80(71-95-82(87)65-57-49-43-42-45-53-61-75(5)6)101-84(89)67-59-51-41-35-28-22-18-17-20-26-32-38-47-55-63-77(8)10-2/h74-80,85H,9-73H2,1-8H3,(H,90,91)(H,92,93)/t76?,77?,78-,79-,80-/m1/s1. The lowest BCUT2D eigenvalue weighted by molar-refractivity contribution is -0.161. The highest BCUT2D eigenvalue weighted by Gasteiger charge is 2.30. The Morgan fingerprint density at radius 2 is 0.466 bits per heavy atom. The number of carbonyl (C=O) groups excluding carboxylic acids is 4. The van der Waals surface area contributed by atoms with Crippen molar-refractivity contribution in [2.45, 2.75) is 453 Å². The SMILES string of the molecule is CCC(C)CCCCCCCCCCCCCCCCCCCCC(=O)O[C@H](COC(=O)CCCCCCCCCCCCCC(C)C)COP(=O)(O)OC[C@@H](O)COP(=O)(O)OC[C@@H](COC(=O)CCCCCCCCC(C)C)OC(=O)CCCCCCCCCCCCCCCCC(C)CC. The molecule has 7 atom stereocenters. The molecule has 0 saturated heterocycles. The van der Waals surface area contributed by atoms with Gasteiger partial charge in [-0.1, -0.05) is 383 Å². The van der Waals surface area contributed by atoms with Gasteiger partial charge < -0.3 is 33.8 Å². The van der Waals surface area contributed by atoms with Gasteiger partial charge in [-0.3, -0.25) is 37.3 Å². The van der Waals surface area contributed by atoms with Crippen LogP contribution in [-0.4, -0.2) is 96.7 Å². The minimum absolute atomic E-state index is 0.106. The summed E-state index contributed by atoms with van der Waals surface area (Å²) in [6.07, 6.45) is 61.2. The Balaban J connectivity index is 5.20. The Labute approximate surface area is 632 Å². The van der Waals surface area contributed by atoms with Crippen LogP contribution in [0.1, 0.15) is 434 Å². The summed E-state index contributed by atoms with van der Waals surface area (Å²) < 4.78 is 68.8. The van der Waals surface area contributed by atoms with Crippen LogP contribution in [0.3, 0.4) is 0 Å². The summed E-state index contributed by atoms with van der Waals surface area (Å²) in [5.74, 6) is 1.05. The average Bonchev–Trinajstić information content (AvgIpc) is 0.920. The third kappa shape index (κ3) is 75.3. The van der Waals surface area contributed by atoms with Crippen LogP contribution in [0.2, 0.25) is 0 Å². The molecule has 0 rings (SSSR count). The molecule has 0 aromatic heterocycles. The predicted octanol–water partition coefficient (Wildman–Crippen LogP) is 25.2. The average molecular weight is 1510 g/mol. The summed E-state index contributed by atoms with van der Waals surface area (Å²) in [6.45, 7) is 14.3. The molecular weight excluding hydrogens is 1340 g/mol. The van der Waals surface area contributed by atoms with E-state index in [1.807, 2.05) is 0 Å². The second kappa shape index (κ2) is 72.9. The Kier molecular flexibility index (Phi) is 71.5. The summed E-state index contributed by atoms with van der Waals surface area (Å²) in [5.41, 5.74) is 0. The number of hydrogen-bond donors (Lipinski definition) is 3. The first-order chi connectivity index (χ1) is 49.7. The van der Waals surface area contributed by atoms with Crippen LogP contribution in [0.25, 0.3) is 0 Å². The van der Waals surface area contributed by atoms with Crippen molar-refractivity contribution in [1.29, 1.82) is 0 Å². The van der Waals surface area contributed by atoms with Gasteiger partial charge in [0.15, 0.2) is 12.2 Å². The highest BCUT2D eigenvalue weighted by molar-refractivity contribution is 7.47.